The summed E-state index contributed by atoms with van der Waals surface area (Å²) in [6.07, 6.45) is 9.21. The van der Waals surface area contributed by atoms with E-state index in [2.05, 4.69) is 22.0 Å². The average Bonchev–Trinajstić information content (AvgIpc) is 2.65. The van der Waals surface area contributed by atoms with Crippen LogP contribution in [0.1, 0.15) is 37.7 Å². The number of aromatic nitrogens is 1. The minimum Gasteiger partial charge on any atom is -0.346 e. The fourth-order valence-corrected chi connectivity index (χ4v) is 3.65. The first-order chi connectivity index (χ1) is 10.2. The Bertz CT molecular complexity index is 480. The Balaban J connectivity index is 1.56. The molecule has 3 heterocycles. The molecule has 1 spiro atoms. The number of rotatable bonds is 2. The third-order valence-electron chi connectivity index (χ3n) is 5.34. The molecule has 4 nitrogen and oxygen atoms in total. The molecule has 0 radical (unpaired) electrons. The maximum atomic E-state index is 11.9. The minimum atomic E-state index is 0.325. The van der Waals surface area contributed by atoms with Crippen molar-refractivity contribution < 1.29 is 4.79 Å². The lowest BCUT2D eigenvalue weighted by Crippen LogP contribution is -2.40. The summed E-state index contributed by atoms with van der Waals surface area (Å²) in [5, 5.41) is 0. The average molecular weight is 287 g/mol. The van der Waals surface area contributed by atoms with Gasteiger partial charge in [0, 0.05) is 39.0 Å². The maximum absolute atomic E-state index is 11.9. The number of hydrogen-bond acceptors (Lipinski definition) is 3. The molecular formula is C17H25N3O. The van der Waals surface area contributed by atoms with Gasteiger partial charge < -0.3 is 4.90 Å². The summed E-state index contributed by atoms with van der Waals surface area (Å²) in [4.78, 5) is 20.4. The van der Waals surface area contributed by atoms with Crippen molar-refractivity contribution in [3.8, 4) is 0 Å². The largest absolute Gasteiger partial charge is 0.346 e. The van der Waals surface area contributed by atoms with Crippen LogP contribution in [0.15, 0.2) is 24.5 Å². The second kappa shape index (κ2) is 6.14. The molecule has 2 aliphatic heterocycles. The molecule has 1 amide bonds. The van der Waals surface area contributed by atoms with Crippen LogP contribution in [-0.2, 0) is 11.3 Å². The van der Waals surface area contributed by atoms with Crippen LogP contribution in [0.4, 0.5) is 0 Å². The molecule has 2 fully saturated rings. The van der Waals surface area contributed by atoms with E-state index in [0.29, 0.717) is 11.3 Å². The normalized spacial score (nSPS) is 23.3. The second-order valence-corrected chi connectivity index (χ2v) is 6.70. The van der Waals surface area contributed by atoms with Crippen LogP contribution in [-0.4, -0.2) is 47.4 Å². The third-order valence-corrected chi connectivity index (χ3v) is 5.34. The molecule has 2 saturated heterocycles. The van der Waals surface area contributed by atoms with Gasteiger partial charge in [0.25, 0.3) is 0 Å². The molecule has 1 aromatic heterocycles. The predicted octanol–water partition coefficient (Wildman–Crippen LogP) is 2.31. The van der Waals surface area contributed by atoms with Crippen LogP contribution in [0.5, 0.6) is 0 Å². The fourth-order valence-electron chi connectivity index (χ4n) is 3.65. The number of piperidine rings is 1. The van der Waals surface area contributed by atoms with Crippen LogP contribution in [0.2, 0.25) is 0 Å². The molecule has 114 valence electrons. The molecule has 21 heavy (non-hydrogen) atoms. The highest BCUT2D eigenvalue weighted by atomic mass is 16.2. The number of pyridine rings is 1. The standard InChI is InChI=1S/C17H25N3O/c1-19-11-6-17(5-2-16(19)21)7-12-20(13-8-17)14-15-3-9-18-10-4-15/h3-4,9-10H,2,5-8,11-14H2,1H3. The van der Waals surface area contributed by atoms with E-state index >= 15 is 0 Å². The van der Waals surface area contributed by atoms with Gasteiger partial charge in [0.1, 0.15) is 0 Å². The Morgan fingerprint density at radius 2 is 1.76 bits per heavy atom. The minimum absolute atomic E-state index is 0.325. The molecule has 0 aliphatic carbocycles. The van der Waals surface area contributed by atoms with E-state index in [0.717, 1.165) is 39.0 Å². The number of hydrogen-bond donors (Lipinski definition) is 0. The topological polar surface area (TPSA) is 36.4 Å². The van der Waals surface area contributed by atoms with Crippen molar-refractivity contribution in [1.82, 2.24) is 14.8 Å². The summed E-state index contributed by atoms with van der Waals surface area (Å²) in [7, 11) is 1.94. The van der Waals surface area contributed by atoms with E-state index in [1.54, 1.807) is 0 Å². The highest BCUT2D eigenvalue weighted by Gasteiger charge is 2.37. The highest BCUT2D eigenvalue weighted by Crippen LogP contribution is 2.41. The van der Waals surface area contributed by atoms with E-state index in [4.69, 9.17) is 0 Å². The van der Waals surface area contributed by atoms with Crippen LogP contribution in [0.3, 0.4) is 0 Å². The number of likely N-dealkylation sites (tertiary alicyclic amines) is 2. The zero-order chi connectivity index (χ0) is 14.7. The first-order valence-corrected chi connectivity index (χ1v) is 8.02. The lowest BCUT2D eigenvalue weighted by atomic mass is 9.73. The van der Waals surface area contributed by atoms with Crippen molar-refractivity contribution >= 4 is 5.91 Å². The van der Waals surface area contributed by atoms with E-state index < -0.39 is 0 Å². The van der Waals surface area contributed by atoms with Crippen LogP contribution in [0.25, 0.3) is 0 Å². The van der Waals surface area contributed by atoms with E-state index in [9.17, 15) is 4.79 Å². The molecule has 0 N–H and O–H groups in total. The van der Waals surface area contributed by atoms with Gasteiger partial charge in [-0.1, -0.05) is 0 Å². The van der Waals surface area contributed by atoms with E-state index in [1.165, 1.54) is 24.8 Å². The van der Waals surface area contributed by atoms with Crippen molar-refractivity contribution in [1.29, 1.82) is 0 Å². The summed E-state index contributed by atoms with van der Waals surface area (Å²) in [5.41, 5.74) is 1.76. The quantitative estimate of drug-likeness (QED) is 0.837. The maximum Gasteiger partial charge on any atom is 0.222 e. The monoisotopic (exact) mass is 287 g/mol. The van der Waals surface area contributed by atoms with Gasteiger partial charge in [0.2, 0.25) is 5.91 Å². The van der Waals surface area contributed by atoms with Gasteiger partial charge in [-0.3, -0.25) is 14.7 Å². The molecule has 3 rings (SSSR count). The number of carbonyl (C=O) groups excluding carboxylic acids is 1. The summed E-state index contributed by atoms with van der Waals surface area (Å²) in [6.45, 7) is 4.26. The Morgan fingerprint density at radius 3 is 2.48 bits per heavy atom. The van der Waals surface area contributed by atoms with Gasteiger partial charge in [0.15, 0.2) is 0 Å². The van der Waals surface area contributed by atoms with Crippen LogP contribution < -0.4 is 0 Å². The Morgan fingerprint density at radius 1 is 1.10 bits per heavy atom. The van der Waals surface area contributed by atoms with Crippen molar-refractivity contribution in [2.45, 2.75) is 38.6 Å². The SMILES string of the molecule is CN1CCC2(CCC1=O)CCN(Cc1ccncc1)CC2. The summed E-state index contributed by atoms with van der Waals surface area (Å²) >= 11 is 0. The lowest BCUT2D eigenvalue weighted by Gasteiger charge is -2.41. The van der Waals surface area contributed by atoms with Gasteiger partial charge in [-0.05, 0) is 61.9 Å². The first kappa shape index (κ1) is 14.5. The molecule has 4 heteroatoms. The molecule has 0 atom stereocenters. The van der Waals surface area contributed by atoms with Gasteiger partial charge >= 0.3 is 0 Å². The molecule has 0 aromatic carbocycles. The molecule has 0 unspecified atom stereocenters. The van der Waals surface area contributed by atoms with Crippen molar-refractivity contribution in [2.24, 2.45) is 5.41 Å². The molecule has 0 bridgehead atoms. The van der Waals surface area contributed by atoms with Gasteiger partial charge in [-0.2, -0.15) is 0 Å². The zero-order valence-corrected chi connectivity index (χ0v) is 12.9. The zero-order valence-electron chi connectivity index (χ0n) is 12.9. The Kier molecular flexibility index (Phi) is 4.24. The number of amides is 1. The number of carbonyl (C=O) groups is 1. The predicted molar refractivity (Wildman–Crippen MR) is 82.7 cm³/mol. The van der Waals surface area contributed by atoms with Crippen LogP contribution >= 0.6 is 0 Å². The molecule has 0 saturated carbocycles. The van der Waals surface area contributed by atoms with Crippen LogP contribution in [0, 0.1) is 5.41 Å². The van der Waals surface area contributed by atoms with Crippen molar-refractivity contribution in [3.63, 3.8) is 0 Å². The molecular weight excluding hydrogens is 262 g/mol. The summed E-state index contributed by atoms with van der Waals surface area (Å²) < 4.78 is 0. The number of nitrogens with zero attached hydrogens (tertiary/aromatic N) is 3. The van der Waals surface area contributed by atoms with Gasteiger partial charge in [0.05, 0.1) is 0 Å². The first-order valence-electron chi connectivity index (χ1n) is 8.02. The summed E-state index contributed by atoms with van der Waals surface area (Å²) in [6, 6.07) is 4.20. The van der Waals surface area contributed by atoms with E-state index in [1.807, 2.05) is 24.3 Å². The second-order valence-electron chi connectivity index (χ2n) is 6.70. The van der Waals surface area contributed by atoms with Crippen molar-refractivity contribution in [2.75, 3.05) is 26.7 Å². The Hall–Kier alpha value is -1.42. The third kappa shape index (κ3) is 3.43. The highest BCUT2D eigenvalue weighted by molar-refractivity contribution is 5.76. The molecule has 1 aromatic rings. The van der Waals surface area contributed by atoms with E-state index in [-0.39, 0.29) is 0 Å². The van der Waals surface area contributed by atoms with Gasteiger partial charge in [-0.15, -0.1) is 0 Å². The van der Waals surface area contributed by atoms with Crippen molar-refractivity contribution in [3.05, 3.63) is 30.1 Å². The van der Waals surface area contributed by atoms with Gasteiger partial charge in [-0.25, -0.2) is 0 Å². The summed E-state index contributed by atoms with van der Waals surface area (Å²) in [5.74, 6) is 0.325. The molecule has 2 aliphatic rings. The smallest absolute Gasteiger partial charge is 0.222 e. The lowest BCUT2D eigenvalue weighted by molar-refractivity contribution is -0.129. The Labute approximate surface area is 127 Å². The fraction of sp³-hybridized carbons (Fsp3) is 0.647.